The van der Waals surface area contributed by atoms with Gasteiger partial charge in [0.05, 0.1) is 11.7 Å². The number of carboxylic acids is 1. The van der Waals surface area contributed by atoms with Crippen LogP contribution in [0.2, 0.25) is 0 Å². The van der Waals surface area contributed by atoms with E-state index in [1.807, 2.05) is 0 Å². The van der Waals surface area contributed by atoms with Gasteiger partial charge in [-0.15, -0.1) is 0 Å². The summed E-state index contributed by atoms with van der Waals surface area (Å²) in [6.07, 6.45) is 1.50. The fourth-order valence-electron chi connectivity index (χ4n) is 2.61. The SMILES string of the molecule is CC1(C)[C@@H](CC(=O)O)C[C@@H]2O[C@@]21C. The second-order valence-corrected chi connectivity index (χ2v) is 4.97. The van der Waals surface area contributed by atoms with Crippen molar-refractivity contribution in [3.63, 3.8) is 0 Å². The summed E-state index contributed by atoms with van der Waals surface area (Å²) < 4.78 is 5.57. The van der Waals surface area contributed by atoms with Gasteiger partial charge in [-0.2, -0.15) is 0 Å². The third-order valence-electron chi connectivity index (χ3n) is 4.16. The van der Waals surface area contributed by atoms with Crippen molar-refractivity contribution in [2.24, 2.45) is 11.3 Å². The minimum absolute atomic E-state index is 0.00998. The maximum absolute atomic E-state index is 10.6. The quantitative estimate of drug-likeness (QED) is 0.664. The smallest absolute Gasteiger partial charge is 0.303 e. The Hall–Kier alpha value is -0.570. The summed E-state index contributed by atoms with van der Waals surface area (Å²) in [6.45, 7) is 6.33. The van der Waals surface area contributed by atoms with Crippen molar-refractivity contribution in [3.05, 3.63) is 0 Å². The molecule has 1 saturated carbocycles. The Balaban J connectivity index is 2.13. The van der Waals surface area contributed by atoms with E-state index >= 15 is 0 Å². The van der Waals surface area contributed by atoms with E-state index in [1.54, 1.807) is 0 Å². The average molecular weight is 184 g/mol. The lowest BCUT2D eigenvalue weighted by Crippen LogP contribution is -2.34. The first kappa shape index (κ1) is 9.00. The van der Waals surface area contributed by atoms with Gasteiger partial charge in [-0.05, 0) is 24.7 Å². The summed E-state index contributed by atoms with van der Waals surface area (Å²) in [5, 5.41) is 8.75. The lowest BCUT2D eigenvalue weighted by atomic mass is 9.73. The van der Waals surface area contributed by atoms with Crippen molar-refractivity contribution >= 4 is 5.97 Å². The second kappa shape index (κ2) is 2.27. The van der Waals surface area contributed by atoms with Gasteiger partial charge in [-0.3, -0.25) is 4.79 Å². The molecule has 0 aromatic carbocycles. The molecular formula is C10H16O3. The minimum atomic E-state index is -0.692. The maximum atomic E-state index is 10.6. The highest BCUT2D eigenvalue weighted by Gasteiger charge is 2.69. The predicted molar refractivity (Wildman–Crippen MR) is 47.4 cm³/mol. The predicted octanol–water partition coefficient (Wildman–Crippen LogP) is 1.66. The van der Waals surface area contributed by atoms with Crippen molar-refractivity contribution in [2.75, 3.05) is 0 Å². The van der Waals surface area contributed by atoms with E-state index < -0.39 is 5.97 Å². The molecule has 74 valence electrons. The first-order valence-corrected chi connectivity index (χ1v) is 4.77. The summed E-state index contributed by atoms with van der Waals surface area (Å²) >= 11 is 0. The number of rotatable bonds is 2. The molecule has 3 heteroatoms. The van der Waals surface area contributed by atoms with Crippen LogP contribution in [0.4, 0.5) is 0 Å². The zero-order valence-electron chi connectivity index (χ0n) is 8.33. The molecule has 0 radical (unpaired) electrons. The van der Waals surface area contributed by atoms with Crippen LogP contribution < -0.4 is 0 Å². The molecule has 0 bridgehead atoms. The number of hydrogen-bond donors (Lipinski definition) is 1. The third kappa shape index (κ3) is 1.03. The van der Waals surface area contributed by atoms with Crippen LogP contribution in [-0.2, 0) is 9.53 Å². The molecule has 0 aromatic rings. The van der Waals surface area contributed by atoms with E-state index in [4.69, 9.17) is 9.84 Å². The van der Waals surface area contributed by atoms with Crippen LogP contribution >= 0.6 is 0 Å². The van der Waals surface area contributed by atoms with E-state index in [1.165, 1.54) is 0 Å². The Morgan fingerprint density at radius 2 is 2.15 bits per heavy atom. The van der Waals surface area contributed by atoms with Gasteiger partial charge in [0, 0.05) is 6.42 Å². The molecular weight excluding hydrogens is 168 g/mol. The highest BCUT2D eigenvalue weighted by molar-refractivity contribution is 5.67. The highest BCUT2D eigenvalue weighted by atomic mass is 16.6. The molecule has 2 fully saturated rings. The molecule has 0 spiro atoms. The first-order valence-electron chi connectivity index (χ1n) is 4.77. The van der Waals surface area contributed by atoms with Crippen molar-refractivity contribution in [3.8, 4) is 0 Å². The zero-order chi connectivity index (χ0) is 9.85. The Labute approximate surface area is 78.1 Å². The van der Waals surface area contributed by atoms with Gasteiger partial charge in [0.25, 0.3) is 0 Å². The Morgan fingerprint density at radius 1 is 1.54 bits per heavy atom. The van der Waals surface area contributed by atoms with Crippen molar-refractivity contribution in [1.29, 1.82) is 0 Å². The van der Waals surface area contributed by atoms with Crippen molar-refractivity contribution in [2.45, 2.75) is 45.3 Å². The van der Waals surface area contributed by atoms with Crippen molar-refractivity contribution in [1.82, 2.24) is 0 Å². The largest absolute Gasteiger partial charge is 0.481 e. The van der Waals surface area contributed by atoms with Crippen molar-refractivity contribution < 1.29 is 14.6 Å². The van der Waals surface area contributed by atoms with E-state index in [0.29, 0.717) is 6.10 Å². The summed E-state index contributed by atoms with van der Waals surface area (Å²) in [5.74, 6) is -0.420. The number of fused-ring (bicyclic) bond motifs is 1. The molecule has 1 aliphatic carbocycles. The molecule has 0 amide bonds. The molecule has 2 aliphatic rings. The standard InChI is InChI=1S/C10H16O3/c1-9(2)6(5-8(11)12)4-7-10(9,3)13-7/h6-7H,4-5H2,1-3H3,(H,11,12)/t6-,7+,10+/m1/s1. The van der Waals surface area contributed by atoms with E-state index in [0.717, 1.165) is 6.42 Å². The zero-order valence-corrected chi connectivity index (χ0v) is 8.33. The van der Waals surface area contributed by atoms with Crippen LogP contribution in [0.5, 0.6) is 0 Å². The third-order valence-corrected chi connectivity index (χ3v) is 4.16. The van der Waals surface area contributed by atoms with Crippen LogP contribution in [0, 0.1) is 11.3 Å². The van der Waals surface area contributed by atoms with Crippen LogP contribution in [-0.4, -0.2) is 22.8 Å². The Bertz CT molecular complexity index is 259. The minimum Gasteiger partial charge on any atom is -0.481 e. The van der Waals surface area contributed by atoms with Gasteiger partial charge < -0.3 is 9.84 Å². The normalized spacial score (nSPS) is 45.8. The number of carboxylic acid groups (broad SMARTS) is 1. The molecule has 3 atom stereocenters. The van der Waals surface area contributed by atoms with Crippen LogP contribution in [0.3, 0.4) is 0 Å². The number of aliphatic carboxylic acids is 1. The Kier molecular flexibility index (Phi) is 1.57. The number of carbonyl (C=O) groups is 1. The summed E-state index contributed by atoms with van der Waals surface area (Å²) in [4.78, 5) is 10.6. The van der Waals surface area contributed by atoms with Gasteiger partial charge >= 0.3 is 5.97 Å². The number of hydrogen-bond acceptors (Lipinski definition) is 2. The maximum Gasteiger partial charge on any atom is 0.303 e. The average Bonchev–Trinajstić information content (AvgIpc) is 2.56. The summed E-state index contributed by atoms with van der Waals surface area (Å²) in [7, 11) is 0. The fourth-order valence-corrected chi connectivity index (χ4v) is 2.61. The molecule has 13 heavy (non-hydrogen) atoms. The number of epoxide rings is 1. The molecule has 0 unspecified atom stereocenters. The first-order chi connectivity index (χ1) is 5.88. The fraction of sp³-hybridized carbons (Fsp3) is 0.900. The molecule has 1 saturated heterocycles. The van der Waals surface area contributed by atoms with Gasteiger partial charge in [-0.1, -0.05) is 13.8 Å². The lowest BCUT2D eigenvalue weighted by molar-refractivity contribution is -0.139. The monoisotopic (exact) mass is 184 g/mol. The van der Waals surface area contributed by atoms with Gasteiger partial charge in [0.1, 0.15) is 0 Å². The van der Waals surface area contributed by atoms with Crippen LogP contribution in [0.15, 0.2) is 0 Å². The highest BCUT2D eigenvalue weighted by Crippen LogP contribution is 2.63. The molecule has 1 N–H and O–H groups in total. The topological polar surface area (TPSA) is 49.8 Å². The van der Waals surface area contributed by atoms with Gasteiger partial charge in [0.2, 0.25) is 0 Å². The van der Waals surface area contributed by atoms with E-state index in [2.05, 4.69) is 20.8 Å². The Morgan fingerprint density at radius 3 is 2.54 bits per heavy atom. The molecule has 2 rings (SSSR count). The van der Waals surface area contributed by atoms with Crippen LogP contribution in [0.1, 0.15) is 33.6 Å². The van der Waals surface area contributed by atoms with Crippen LogP contribution in [0.25, 0.3) is 0 Å². The molecule has 0 aromatic heterocycles. The second-order valence-electron chi connectivity index (χ2n) is 4.97. The summed E-state index contributed by atoms with van der Waals surface area (Å²) in [6, 6.07) is 0. The van der Waals surface area contributed by atoms with Gasteiger partial charge in [0.15, 0.2) is 0 Å². The molecule has 1 aliphatic heterocycles. The van der Waals surface area contributed by atoms with E-state index in [9.17, 15) is 4.79 Å². The molecule has 3 nitrogen and oxygen atoms in total. The molecule has 1 heterocycles. The lowest BCUT2D eigenvalue weighted by Gasteiger charge is -2.32. The van der Waals surface area contributed by atoms with Gasteiger partial charge in [-0.25, -0.2) is 0 Å². The summed E-state index contributed by atoms with van der Waals surface area (Å²) in [5.41, 5.74) is -0.0385. The number of ether oxygens (including phenoxy) is 1. The van der Waals surface area contributed by atoms with E-state index in [-0.39, 0.29) is 23.4 Å².